The van der Waals surface area contributed by atoms with Crippen molar-refractivity contribution in [2.45, 2.75) is 52.0 Å². The molecule has 0 aromatic heterocycles. The van der Waals surface area contributed by atoms with Crippen molar-refractivity contribution in [3.8, 4) is 0 Å². The van der Waals surface area contributed by atoms with Crippen LogP contribution in [0.5, 0.6) is 0 Å². The topological polar surface area (TPSA) is 41.1 Å². The standard InChI is InChI=1S/C16H24N2O/c1-12-9-13(2)11-15(10-12)17-8-7-16(19)18-14-5-3-4-6-14/h9-11,14,17H,3-8H2,1-2H3,(H,18,19). The summed E-state index contributed by atoms with van der Waals surface area (Å²) < 4.78 is 0. The number of hydrogen-bond donors (Lipinski definition) is 2. The minimum Gasteiger partial charge on any atom is -0.385 e. The van der Waals surface area contributed by atoms with Gasteiger partial charge in [0.2, 0.25) is 5.91 Å². The highest BCUT2D eigenvalue weighted by Gasteiger charge is 2.16. The second-order valence-electron chi connectivity index (χ2n) is 5.60. The summed E-state index contributed by atoms with van der Waals surface area (Å²) in [5.41, 5.74) is 3.60. The summed E-state index contributed by atoms with van der Waals surface area (Å²) >= 11 is 0. The van der Waals surface area contributed by atoms with Crippen molar-refractivity contribution in [3.05, 3.63) is 29.3 Å². The van der Waals surface area contributed by atoms with Gasteiger partial charge in [0.25, 0.3) is 0 Å². The lowest BCUT2D eigenvalue weighted by Gasteiger charge is -2.12. The Morgan fingerprint density at radius 2 is 1.79 bits per heavy atom. The molecule has 1 aromatic rings. The predicted octanol–water partition coefficient (Wildman–Crippen LogP) is 3.16. The van der Waals surface area contributed by atoms with Crippen LogP contribution in [0.3, 0.4) is 0 Å². The van der Waals surface area contributed by atoms with E-state index in [0.717, 1.165) is 18.5 Å². The zero-order valence-corrected chi connectivity index (χ0v) is 12.0. The van der Waals surface area contributed by atoms with Gasteiger partial charge in [-0.1, -0.05) is 18.9 Å². The van der Waals surface area contributed by atoms with Crippen molar-refractivity contribution in [2.75, 3.05) is 11.9 Å². The maximum absolute atomic E-state index is 11.8. The molecule has 0 spiro atoms. The SMILES string of the molecule is Cc1cc(C)cc(NCCC(=O)NC2CCCC2)c1. The zero-order valence-electron chi connectivity index (χ0n) is 12.0. The number of aryl methyl sites for hydroxylation is 2. The fourth-order valence-electron chi connectivity index (χ4n) is 2.77. The first-order valence-electron chi connectivity index (χ1n) is 7.25. The van der Waals surface area contributed by atoms with E-state index in [0.29, 0.717) is 19.0 Å². The summed E-state index contributed by atoms with van der Waals surface area (Å²) in [5.74, 6) is 0.170. The second-order valence-corrected chi connectivity index (χ2v) is 5.60. The maximum Gasteiger partial charge on any atom is 0.221 e. The molecule has 1 amide bonds. The van der Waals surface area contributed by atoms with E-state index >= 15 is 0 Å². The number of rotatable bonds is 5. The van der Waals surface area contributed by atoms with Crippen molar-refractivity contribution in [2.24, 2.45) is 0 Å². The third kappa shape index (κ3) is 4.58. The molecule has 104 valence electrons. The molecule has 1 fully saturated rings. The van der Waals surface area contributed by atoms with E-state index in [1.54, 1.807) is 0 Å². The highest BCUT2D eigenvalue weighted by Crippen LogP contribution is 2.17. The lowest BCUT2D eigenvalue weighted by atomic mass is 10.1. The van der Waals surface area contributed by atoms with Gasteiger partial charge in [0.15, 0.2) is 0 Å². The average Bonchev–Trinajstić information content (AvgIpc) is 2.80. The van der Waals surface area contributed by atoms with Crippen LogP contribution in [0.4, 0.5) is 5.69 Å². The fraction of sp³-hybridized carbons (Fsp3) is 0.562. The summed E-state index contributed by atoms with van der Waals surface area (Å²) in [6, 6.07) is 6.80. The Bertz CT molecular complexity index is 416. The largest absolute Gasteiger partial charge is 0.385 e. The van der Waals surface area contributed by atoms with Crippen LogP contribution in [0.2, 0.25) is 0 Å². The minimum absolute atomic E-state index is 0.170. The molecule has 1 aromatic carbocycles. The zero-order chi connectivity index (χ0) is 13.7. The van der Waals surface area contributed by atoms with Crippen molar-refractivity contribution >= 4 is 11.6 Å². The third-order valence-corrected chi connectivity index (χ3v) is 3.62. The molecule has 2 N–H and O–H groups in total. The molecular formula is C16H24N2O. The Morgan fingerprint density at radius 1 is 1.16 bits per heavy atom. The Morgan fingerprint density at radius 3 is 2.42 bits per heavy atom. The molecule has 1 aliphatic carbocycles. The first kappa shape index (κ1) is 13.9. The summed E-state index contributed by atoms with van der Waals surface area (Å²) in [6.07, 6.45) is 5.35. The van der Waals surface area contributed by atoms with Gasteiger partial charge in [0.05, 0.1) is 0 Å². The van der Waals surface area contributed by atoms with E-state index in [2.05, 4.69) is 42.7 Å². The van der Waals surface area contributed by atoms with Crippen molar-refractivity contribution in [1.82, 2.24) is 5.32 Å². The lowest BCUT2D eigenvalue weighted by molar-refractivity contribution is -0.121. The highest BCUT2D eigenvalue weighted by molar-refractivity contribution is 5.76. The number of amides is 1. The van der Waals surface area contributed by atoms with Crippen LogP contribution in [0.1, 0.15) is 43.2 Å². The molecule has 0 atom stereocenters. The smallest absolute Gasteiger partial charge is 0.221 e. The Balaban J connectivity index is 1.71. The summed E-state index contributed by atoms with van der Waals surface area (Å²) in [4.78, 5) is 11.8. The number of benzene rings is 1. The first-order chi connectivity index (χ1) is 9.13. The number of carbonyl (C=O) groups excluding carboxylic acids is 1. The van der Waals surface area contributed by atoms with Gasteiger partial charge in [-0.3, -0.25) is 4.79 Å². The molecule has 3 heteroatoms. The van der Waals surface area contributed by atoms with Gasteiger partial charge in [-0.2, -0.15) is 0 Å². The quantitative estimate of drug-likeness (QED) is 0.854. The van der Waals surface area contributed by atoms with Crippen LogP contribution in [-0.4, -0.2) is 18.5 Å². The van der Waals surface area contributed by atoms with Gasteiger partial charge in [-0.15, -0.1) is 0 Å². The van der Waals surface area contributed by atoms with E-state index in [9.17, 15) is 4.79 Å². The molecule has 0 heterocycles. The molecule has 0 bridgehead atoms. The van der Waals surface area contributed by atoms with Gasteiger partial charge in [0, 0.05) is 24.7 Å². The number of carbonyl (C=O) groups is 1. The van der Waals surface area contributed by atoms with Crippen LogP contribution < -0.4 is 10.6 Å². The van der Waals surface area contributed by atoms with Crippen molar-refractivity contribution in [3.63, 3.8) is 0 Å². The number of anilines is 1. The maximum atomic E-state index is 11.8. The predicted molar refractivity (Wildman–Crippen MR) is 79.4 cm³/mol. The Hall–Kier alpha value is -1.51. The summed E-state index contributed by atoms with van der Waals surface area (Å²) in [6.45, 7) is 4.87. The van der Waals surface area contributed by atoms with E-state index < -0.39 is 0 Å². The molecule has 19 heavy (non-hydrogen) atoms. The lowest BCUT2D eigenvalue weighted by Crippen LogP contribution is -2.33. The fourth-order valence-corrected chi connectivity index (χ4v) is 2.77. The average molecular weight is 260 g/mol. The third-order valence-electron chi connectivity index (χ3n) is 3.62. The van der Waals surface area contributed by atoms with E-state index in [1.807, 2.05) is 0 Å². The molecule has 2 rings (SSSR count). The summed E-state index contributed by atoms with van der Waals surface area (Å²) in [5, 5.41) is 6.43. The van der Waals surface area contributed by atoms with E-state index in [1.165, 1.54) is 24.0 Å². The second kappa shape index (κ2) is 6.60. The molecule has 0 radical (unpaired) electrons. The van der Waals surface area contributed by atoms with Crippen LogP contribution in [0.15, 0.2) is 18.2 Å². The molecule has 0 aliphatic heterocycles. The van der Waals surface area contributed by atoms with E-state index in [-0.39, 0.29) is 5.91 Å². The van der Waals surface area contributed by atoms with Crippen LogP contribution in [-0.2, 0) is 4.79 Å². The van der Waals surface area contributed by atoms with Gasteiger partial charge >= 0.3 is 0 Å². The molecule has 0 saturated heterocycles. The molecule has 1 saturated carbocycles. The van der Waals surface area contributed by atoms with Crippen LogP contribution in [0.25, 0.3) is 0 Å². The monoisotopic (exact) mass is 260 g/mol. The summed E-state index contributed by atoms with van der Waals surface area (Å²) in [7, 11) is 0. The van der Waals surface area contributed by atoms with E-state index in [4.69, 9.17) is 0 Å². The number of hydrogen-bond acceptors (Lipinski definition) is 2. The van der Waals surface area contributed by atoms with Crippen molar-refractivity contribution in [1.29, 1.82) is 0 Å². The Kier molecular flexibility index (Phi) is 4.83. The molecular weight excluding hydrogens is 236 g/mol. The van der Waals surface area contributed by atoms with Gasteiger partial charge < -0.3 is 10.6 Å². The van der Waals surface area contributed by atoms with Gasteiger partial charge in [-0.25, -0.2) is 0 Å². The van der Waals surface area contributed by atoms with Crippen LogP contribution >= 0.6 is 0 Å². The minimum atomic E-state index is 0.170. The molecule has 3 nitrogen and oxygen atoms in total. The Labute approximate surface area is 115 Å². The number of nitrogens with one attached hydrogen (secondary N) is 2. The van der Waals surface area contributed by atoms with Crippen LogP contribution in [0, 0.1) is 13.8 Å². The van der Waals surface area contributed by atoms with Crippen molar-refractivity contribution < 1.29 is 4.79 Å². The highest BCUT2D eigenvalue weighted by atomic mass is 16.1. The normalized spacial score (nSPS) is 15.5. The van der Waals surface area contributed by atoms with Gasteiger partial charge in [0.1, 0.15) is 0 Å². The molecule has 0 unspecified atom stereocenters. The first-order valence-corrected chi connectivity index (χ1v) is 7.25. The van der Waals surface area contributed by atoms with Gasteiger partial charge in [-0.05, 0) is 49.9 Å². The molecule has 1 aliphatic rings.